The number of piperidine rings is 1. The molecule has 0 bridgehead atoms. The molecule has 8 atom stereocenters. The number of carbonyl (C=O) groups excluding carboxylic acids is 4. The van der Waals surface area contributed by atoms with Gasteiger partial charge in [0.05, 0.1) is 47.9 Å². The molecule has 0 radical (unpaired) electrons. The second-order valence-corrected chi connectivity index (χ2v) is 20.7. The predicted octanol–water partition coefficient (Wildman–Crippen LogP) is 8.89. The van der Waals surface area contributed by atoms with E-state index in [4.69, 9.17) is 19.4 Å². The van der Waals surface area contributed by atoms with E-state index in [0.29, 0.717) is 31.4 Å². The summed E-state index contributed by atoms with van der Waals surface area (Å²) in [5, 5.41) is 10.0. The van der Waals surface area contributed by atoms with Crippen LogP contribution in [0.15, 0.2) is 91.0 Å². The highest BCUT2D eigenvalue weighted by Crippen LogP contribution is 2.58. The topological polar surface area (TPSA) is 175 Å². The Morgan fingerprint density at radius 2 is 1.38 bits per heavy atom. The van der Waals surface area contributed by atoms with Crippen molar-refractivity contribution < 1.29 is 28.7 Å². The first-order valence-corrected chi connectivity index (χ1v) is 24.0. The maximum atomic E-state index is 14.6. The third-order valence-electron chi connectivity index (χ3n) is 15.1. The number of hydrogen-bond acceptors (Lipinski definition) is 8. The van der Waals surface area contributed by atoms with Gasteiger partial charge >= 0.3 is 6.09 Å². The molecule has 4 fully saturated rings. The molecule has 68 heavy (non-hydrogen) atoms. The molecular formula is C54H58N8O6. The fourth-order valence-electron chi connectivity index (χ4n) is 11.2. The van der Waals surface area contributed by atoms with Crippen LogP contribution in [0.1, 0.15) is 88.7 Å². The summed E-state index contributed by atoms with van der Waals surface area (Å²) in [5.41, 5.74) is 5.85. The van der Waals surface area contributed by atoms with Crippen LogP contribution in [0.4, 0.5) is 4.79 Å². The van der Waals surface area contributed by atoms with Gasteiger partial charge in [0.15, 0.2) is 0 Å². The van der Waals surface area contributed by atoms with Crippen LogP contribution in [0.3, 0.4) is 0 Å². The van der Waals surface area contributed by atoms with E-state index < -0.39 is 23.6 Å². The molecule has 0 spiro atoms. The second kappa shape index (κ2) is 16.8. The number of likely N-dealkylation sites (tertiary alicyclic amines) is 2. The molecule has 2 saturated heterocycles. The van der Waals surface area contributed by atoms with E-state index in [-0.39, 0.29) is 47.7 Å². The average molecular weight is 915 g/mol. The smallest absolute Gasteiger partial charge is 0.407 e. The number of hydrogen-bond donors (Lipinski definition) is 4. The van der Waals surface area contributed by atoms with Crippen LogP contribution in [0, 0.1) is 29.1 Å². The number of nitrogens with zero attached hydrogens (tertiary/aromatic N) is 4. The van der Waals surface area contributed by atoms with Gasteiger partial charge < -0.3 is 39.9 Å². The molecule has 350 valence electrons. The highest BCUT2D eigenvalue weighted by Gasteiger charge is 2.62. The summed E-state index contributed by atoms with van der Waals surface area (Å²) in [6, 6.07) is 28.8. The Hall–Kier alpha value is -6.80. The first-order valence-electron chi connectivity index (χ1n) is 24.0. The van der Waals surface area contributed by atoms with Crippen LogP contribution in [0.25, 0.3) is 54.7 Å². The van der Waals surface area contributed by atoms with Gasteiger partial charge in [-0.2, -0.15) is 0 Å². The zero-order valence-corrected chi connectivity index (χ0v) is 39.3. The lowest BCUT2D eigenvalue weighted by molar-refractivity contribution is -0.138. The van der Waals surface area contributed by atoms with Gasteiger partial charge in [0.25, 0.3) is 0 Å². The number of carbonyl (C=O) groups is 4. The van der Waals surface area contributed by atoms with Crippen molar-refractivity contribution in [2.75, 3.05) is 27.4 Å². The summed E-state index contributed by atoms with van der Waals surface area (Å²) >= 11 is 0. The van der Waals surface area contributed by atoms with Crippen molar-refractivity contribution in [2.24, 2.45) is 29.1 Å². The lowest BCUT2D eigenvalue weighted by Crippen LogP contribution is -2.55. The highest BCUT2D eigenvalue weighted by atomic mass is 16.5. The van der Waals surface area contributed by atoms with Crippen LogP contribution in [0.5, 0.6) is 0 Å². The van der Waals surface area contributed by atoms with Gasteiger partial charge in [-0.05, 0) is 94.7 Å². The van der Waals surface area contributed by atoms with Gasteiger partial charge in [-0.25, -0.2) is 14.8 Å². The van der Waals surface area contributed by atoms with E-state index in [2.05, 4.69) is 88.2 Å². The molecule has 2 aliphatic heterocycles. The first kappa shape index (κ1) is 43.8. The lowest BCUT2D eigenvalue weighted by atomic mass is 9.85. The quantitative estimate of drug-likeness (QED) is 0.0996. The van der Waals surface area contributed by atoms with Crippen molar-refractivity contribution in [3.05, 3.63) is 108 Å². The number of H-pyrrole nitrogens is 2. The maximum absolute atomic E-state index is 14.6. The zero-order chi connectivity index (χ0) is 47.2. The van der Waals surface area contributed by atoms with Gasteiger partial charge in [-0.1, -0.05) is 94.4 Å². The molecule has 5 aromatic carbocycles. The Kier molecular flexibility index (Phi) is 10.8. The van der Waals surface area contributed by atoms with Crippen molar-refractivity contribution in [2.45, 2.75) is 83.6 Å². The summed E-state index contributed by atoms with van der Waals surface area (Å²) < 4.78 is 10.5. The molecular weight excluding hydrogens is 857 g/mol. The van der Waals surface area contributed by atoms with Crippen LogP contribution in [-0.2, 0) is 23.9 Å². The molecule has 11 rings (SSSR count). The molecule has 3 unspecified atom stereocenters. The number of imidazole rings is 2. The molecule has 4 N–H and O–H groups in total. The number of ether oxygens (including phenoxy) is 2. The molecule has 14 heteroatoms. The van der Waals surface area contributed by atoms with Gasteiger partial charge in [0, 0.05) is 42.3 Å². The monoisotopic (exact) mass is 914 g/mol. The summed E-state index contributed by atoms with van der Waals surface area (Å²) in [5.74, 6) is 1.99. The largest absolute Gasteiger partial charge is 0.453 e. The van der Waals surface area contributed by atoms with E-state index >= 15 is 0 Å². The van der Waals surface area contributed by atoms with Crippen LogP contribution < -0.4 is 10.6 Å². The van der Waals surface area contributed by atoms with E-state index in [1.807, 2.05) is 60.9 Å². The van der Waals surface area contributed by atoms with Crippen LogP contribution in [-0.4, -0.2) is 93.0 Å². The maximum Gasteiger partial charge on any atom is 0.407 e. The SMILES string of the molecule is COC[C@H]1C[C@@H](c2nc3c(ccc4cc(-c5ccc6c(ccc7[nH]c([C@@H]8CC9C([C@@H]9C)N8C(=O)C(NC(=O)OC)C(C)(C)C)nc76)c5)ccc43)[nH]2)N(C(=O)[C@H](NC(=O)C2CC2)c2ccccc2)C1. The number of benzene rings is 5. The van der Waals surface area contributed by atoms with Crippen LogP contribution >= 0.6 is 0 Å². The van der Waals surface area contributed by atoms with Crippen LogP contribution in [0.2, 0.25) is 0 Å². The third-order valence-corrected chi connectivity index (χ3v) is 15.1. The fraction of sp³-hybridized carbons (Fsp3) is 0.407. The summed E-state index contributed by atoms with van der Waals surface area (Å²) in [6.07, 6.45) is 2.57. The van der Waals surface area contributed by atoms with Crippen molar-refractivity contribution in [1.82, 2.24) is 40.4 Å². The molecule has 2 saturated carbocycles. The number of rotatable bonds is 11. The van der Waals surface area contributed by atoms with Crippen molar-refractivity contribution >= 4 is 67.4 Å². The molecule has 2 aromatic heterocycles. The molecule has 4 aliphatic rings. The molecule has 4 heterocycles. The summed E-state index contributed by atoms with van der Waals surface area (Å²) in [4.78, 5) is 75.8. The Bertz CT molecular complexity index is 3130. The van der Waals surface area contributed by atoms with Gasteiger partial charge in [-0.15, -0.1) is 0 Å². The molecule has 14 nitrogen and oxygen atoms in total. The second-order valence-electron chi connectivity index (χ2n) is 20.7. The first-order chi connectivity index (χ1) is 32.8. The molecule has 7 aromatic rings. The zero-order valence-electron chi connectivity index (χ0n) is 39.3. The predicted molar refractivity (Wildman–Crippen MR) is 260 cm³/mol. The number of amides is 4. The normalized spacial score (nSPS) is 23.3. The number of aromatic amines is 2. The number of aromatic nitrogens is 4. The van der Waals surface area contributed by atoms with Crippen molar-refractivity contribution in [3.63, 3.8) is 0 Å². The lowest BCUT2D eigenvalue weighted by Gasteiger charge is -2.36. The molecule has 4 amide bonds. The number of methoxy groups -OCH3 is 2. The molecule has 2 aliphatic carbocycles. The minimum absolute atomic E-state index is 0.0336. The minimum Gasteiger partial charge on any atom is -0.453 e. The standard InChI is InChI=1S/C54H58N8O6/c1-28-38-25-42(62(46(28)38)52(65)47(54(2,3)4)60-53(66)68-6)49-56-40-21-17-35-24-33(15-19-37(35)45(40)58-49)32-14-18-36-34(23-32)16-20-39-44(36)57-48(55-39)41-22-29(27-67-5)26-61(41)51(64)43(30-10-8-7-9-11-30)59-50(63)31-12-13-31/h7-11,14-21,23-24,28-29,31,38,41-43,46-47H,12-13,22,25-27H2,1-6H3,(H,55,57)(H,56,58)(H,59,63)(H,60,66)/t28-,29+,38?,41+,42+,43-,46?,47?/m1/s1. The number of alkyl carbamates (subject to hydrolysis) is 1. The average Bonchev–Trinajstić information content (AvgIpc) is 3.95. The van der Waals surface area contributed by atoms with Gasteiger partial charge in [0.1, 0.15) is 23.7 Å². The fourth-order valence-corrected chi connectivity index (χ4v) is 11.2. The van der Waals surface area contributed by atoms with E-state index in [1.54, 1.807) is 7.11 Å². The number of nitrogens with one attached hydrogen (secondary N) is 4. The van der Waals surface area contributed by atoms with Crippen molar-refractivity contribution in [1.29, 1.82) is 0 Å². The third kappa shape index (κ3) is 7.72. The summed E-state index contributed by atoms with van der Waals surface area (Å²) in [6.45, 7) is 9.06. The Labute approximate surface area is 394 Å². The Morgan fingerprint density at radius 1 is 0.765 bits per heavy atom. The van der Waals surface area contributed by atoms with E-state index in [1.165, 1.54) is 7.11 Å². The van der Waals surface area contributed by atoms with Crippen molar-refractivity contribution in [3.8, 4) is 11.1 Å². The van der Waals surface area contributed by atoms with Gasteiger partial charge in [-0.3, -0.25) is 14.4 Å². The van der Waals surface area contributed by atoms with Gasteiger partial charge in [0.2, 0.25) is 17.7 Å². The van der Waals surface area contributed by atoms with E-state index in [9.17, 15) is 19.2 Å². The number of fused-ring (bicyclic) bond motifs is 7. The highest BCUT2D eigenvalue weighted by molar-refractivity contribution is 6.07. The Morgan fingerprint density at radius 3 is 1.96 bits per heavy atom. The summed E-state index contributed by atoms with van der Waals surface area (Å²) in [7, 11) is 3.00. The minimum atomic E-state index is -0.796. The Balaban J connectivity index is 0.871. The van der Waals surface area contributed by atoms with E-state index in [0.717, 1.165) is 91.2 Å².